The predicted octanol–water partition coefficient (Wildman–Crippen LogP) is 2.89. The van der Waals surface area contributed by atoms with Crippen molar-refractivity contribution in [3.05, 3.63) is 28.3 Å². The molecule has 19 heavy (non-hydrogen) atoms. The highest BCUT2D eigenvalue weighted by Gasteiger charge is 2.14. The molecule has 2 N–H and O–H groups in total. The molecule has 2 aromatic rings. The molecule has 0 spiro atoms. The molecule has 5 nitrogen and oxygen atoms in total. The Balaban J connectivity index is 2.20. The smallest absolute Gasteiger partial charge is 0.156 e. The molecule has 0 radical (unpaired) electrons. The summed E-state index contributed by atoms with van der Waals surface area (Å²) in [7, 11) is 0. The highest BCUT2D eigenvalue weighted by atomic mass is 79.9. The molecule has 0 aliphatic rings. The van der Waals surface area contributed by atoms with Crippen molar-refractivity contribution in [2.75, 3.05) is 5.73 Å². The number of hydrogen-bond donors (Lipinski definition) is 1. The third-order valence-corrected chi connectivity index (χ3v) is 4.65. The molecule has 0 aromatic carbocycles. The average molecular weight is 342 g/mol. The minimum absolute atomic E-state index is 0.474. The van der Waals surface area contributed by atoms with Gasteiger partial charge < -0.3 is 5.73 Å². The second-order valence-corrected chi connectivity index (χ2v) is 5.67. The zero-order valence-electron chi connectivity index (χ0n) is 10.9. The summed E-state index contributed by atoms with van der Waals surface area (Å²) < 4.78 is 3.11. The van der Waals surface area contributed by atoms with Gasteiger partial charge in [-0.3, -0.25) is 4.68 Å². The largest absolute Gasteiger partial charge is 0.381 e. The molecule has 0 amide bonds. The summed E-state index contributed by atoms with van der Waals surface area (Å²) in [5, 5.41) is 5.33. The fourth-order valence-corrected chi connectivity index (χ4v) is 3.53. The molecule has 2 aromatic heterocycles. The van der Waals surface area contributed by atoms with Crippen molar-refractivity contribution in [1.82, 2.24) is 19.7 Å². The molecule has 0 aliphatic heterocycles. The molecule has 0 bridgehead atoms. The molecule has 0 saturated carbocycles. The van der Waals surface area contributed by atoms with Crippen LogP contribution in [-0.4, -0.2) is 19.7 Å². The number of aromatic nitrogens is 4. The van der Waals surface area contributed by atoms with E-state index in [0.29, 0.717) is 5.82 Å². The normalized spacial score (nSPS) is 10.9. The fourth-order valence-electron chi connectivity index (χ4n) is 1.74. The maximum absolute atomic E-state index is 5.80. The van der Waals surface area contributed by atoms with Gasteiger partial charge in [0.05, 0.1) is 15.9 Å². The molecule has 2 heterocycles. The van der Waals surface area contributed by atoms with Gasteiger partial charge in [-0.15, -0.1) is 0 Å². The van der Waals surface area contributed by atoms with E-state index in [9.17, 15) is 0 Å². The second kappa shape index (κ2) is 6.38. The van der Waals surface area contributed by atoms with Crippen molar-refractivity contribution in [1.29, 1.82) is 0 Å². The van der Waals surface area contributed by atoms with Gasteiger partial charge in [-0.2, -0.15) is 5.10 Å². The Kier molecular flexibility index (Phi) is 4.81. The SMILES string of the molecule is CCc1nn(CC)c(CSc2nccnc2N)c1Br. The van der Waals surface area contributed by atoms with Crippen LogP contribution in [0.4, 0.5) is 5.82 Å². The van der Waals surface area contributed by atoms with Crippen molar-refractivity contribution in [2.24, 2.45) is 0 Å². The molecular formula is C12H16BrN5S. The quantitative estimate of drug-likeness (QED) is 0.846. The molecule has 0 unspecified atom stereocenters. The van der Waals surface area contributed by atoms with E-state index >= 15 is 0 Å². The number of rotatable bonds is 5. The third kappa shape index (κ3) is 3.09. The van der Waals surface area contributed by atoms with E-state index in [4.69, 9.17) is 5.73 Å². The van der Waals surface area contributed by atoms with E-state index < -0.39 is 0 Å². The average Bonchev–Trinajstić information content (AvgIpc) is 2.74. The van der Waals surface area contributed by atoms with E-state index in [1.54, 1.807) is 24.2 Å². The number of nitrogens with zero attached hydrogens (tertiary/aromatic N) is 4. The Morgan fingerprint density at radius 3 is 2.68 bits per heavy atom. The van der Waals surface area contributed by atoms with Gasteiger partial charge in [0.25, 0.3) is 0 Å². The van der Waals surface area contributed by atoms with Crippen molar-refractivity contribution in [2.45, 2.75) is 37.6 Å². The van der Waals surface area contributed by atoms with Gasteiger partial charge in [0.15, 0.2) is 5.82 Å². The van der Waals surface area contributed by atoms with E-state index in [1.165, 1.54) is 0 Å². The van der Waals surface area contributed by atoms with Crippen LogP contribution in [0.2, 0.25) is 0 Å². The molecule has 0 saturated heterocycles. The minimum atomic E-state index is 0.474. The maximum Gasteiger partial charge on any atom is 0.156 e. The van der Waals surface area contributed by atoms with Crippen LogP contribution in [-0.2, 0) is 18.7 Å². The molecule has 0 atom stereocenters. The summed E-state index contributed by atoms with van der Waals surface area (Å²) in [4.78, 5) is 8.27. The zero-order valence-corrected chi connectivity index (χ0v) is 13.3. The lowest BCUT2D eigenvalue weighted by Crippen LogP contribution is -2.02. The van der Waals surface area contributed by atoms with Gasteiger partial charge in [0, 0.05) is 24.7 Å². The van der Waals surface area contributed by atoms with Crippen LogP contribution in [0.5, 0.6) is 0 Å². The Bertz CT molecular complexity index is 569. The van der Waals surface area contributed by atoms with Crippen LogP contribution in [0.15, 0.2) is 21.9 Å². The van der Waals surface area contributed by atoms with E-state index in [2.05, 4.69) is 44.8 Å². The number of hydrogen-bond acceptors (Lipinski definition) is 5. The number of thioether (sulfide) groups is 1. The maximum atomic E-state index is 5.80. The highest BCUT2D eigenvalue weighted by Crippen LogP contribution is 2.30. The third-order valence-electron chi connectivity index (χ3n) is 2.73. The van der Waals surface area contributed by atoms with Gasteiger partial charge in [-0.25, -0.2) is 9.97 Å². The fraction of sp³-hybridized carbons (Fsp3) is 0.417. The van der Waals surface area contributed by atoms with E-state index in [0.717, 1.165) is 39.6 Å². The second-order valence-electron chi connectivity index (χ2n) is 3.91. The lowest BCUT2D eigenvalue weighted by atomic mass is 10.3. The summed E-state index contributed by atoms with van der Waals surface area (Å²) in [6.45, 7) is 5.04. The lowest BCUT2D eigenvalue weighted by Gasteiger charge is -2.06. The summed E-state index contributed by atoms with van der Waals surface area (Å²) >= 11 is 5.21. The van der Waals surface area contributed by atoms with E-state index in [1.807, 2.05) is 4.68 Å². The van der Waals surface area contributed by atoms with Gasteiger partial charge >= 0.3 is 0 Å². The van der Waals surface area contributed by atoms with Crippen LogP contribution in [0.3, 0.4) is 0 Å². The van der Waals surface area contributed by atoms with Crippen molar-refractivity contribution >= 4 is 33.5 Å². The number of aryl methyl sites for hydroxylation is 2. The number of nitrogens with two attached hydrogens (primary N) is 1. The van der Waals surface area contributed by atoms with Crippen LogP contribution >= 0.6 is 27.7 Å². The number of halogens is 1. The summed E-state index contributed by atoms with van der Waals surface area (Å²) in [6.07, 6.45) is 4.17. The zero-order chi connectivity index (χ0) is 13.8. The van der Waals surface area contributed by atoms with Crippen molar-refractivity contribution in [3.63, 3.8) is 0 Å². The Labute approximate surface area is 125 Å². The molecular weight excluding hydrogens is 326 g/mol. The van der Waals surface area contributed by atoms with Crippen LogP contribution < -0.4 is 5.73 Å². The van der Waals surface area contributed by atoms with Crippen LogP contribution in [0.1, 0.15) is 25.2 Å². The monoisotopic (exact) mass is 341 g/mol. The summed E-state index contributed by atoms with van der Waals surface area (Å²) in [6, 6.07) is 0. The molecule has 0 fully saturated rings. The van der Waals surface area contributed by atoms with Gasteiger partial charge in [-0.05, 0) is 29.3 Å². The first-order valence-corrected chi connectivity index (χ1v) is 7.88. The topological polar surface area (TPSA) is 69.6 Å². The first-order chi connectivity index (χ1) is 9.17. The van der Waals surface area contributed by atoms with E-state index in [-0.39, 0.29) is 0 Å². The predicted molar refractivity (Wildman–Crippen MR) is 81.0 cm³/mol. The van der Waals surface area contributed by atoms with Gasteiger partial charge in [-0.1, -0.05) is 18.7 Å². The first kappa shape index (κ1) is 14.3. The van der Waals surface area contributed by atoms with Gasteiger partial charge in [0.1, 0.15) is 5.03 Å². The first-order valence-electron chi connectivity index (χ1n) is 6.10. The number of nitrogen functional groups attached to an aromatic ring is 1. The molecule has 7 heteroatoms. The summed E-state index contributed by atoms with van der Waals surface area (Å²) in [5.41, 5.74) is 8.05. The van der Waals surface area contributed by atoms with Crippen molar-refractivity contribution < 1.29 is 0 Å². The Morgan fingerprint density at radius 2 is 2.05 bits per heavy atom. The molecule has 2 rings (SSSR count). The lowest BCUT2D eigenvalue weighted by molar-refractivity contribution is 0.627. The van der Waals surface area contributed by atoms with Crippen molar-refractivity contribution in [3.8, 4) is 0 Å². The Hall–Kier alpha value is -1.08. The molecule has 102 valence electrons. The minimum Gasteiger partial charge on any atom is -0.381 e. The highest BCUT2D eigenvalue weighted by molar-refractivity contribution is 9.10. The standard InChI is InChI=1S/C12H16BrN5S/c1-3-8-10(13)9(18(4-2)17-8)7-19-12-11(14)15-5-6-16-12/h5-6H,3-4,7H2,1-2H3,(H2,14,15). The van der Waals surface area contributed by atoms with Crippen LogP contribution in [0, 0.1) is 0 Å². The van der Waals surface area contributed by atoms with Crippen LogP contribution in [0.25, 0.3) is 0 Å². The molecule has 0 aliphatic carbocycles. The summed E-state index contributed by atoms with van der Waals surface area (Å²) in [5.74, 6) is 1.24. The van der Waals surface area contributed by atoms with Gasteiger partial charge in [0.2, 0.25) is 0 Å². The number of anilines is 1. The Morgan fingerprint density at radius 1 is 1.32 bits per heavy atom.